The number of carboxylic acids is 1. The highest BCUT2D eigenvalue weighted by molar-refractivity contribution is 9.10. The monoisotopic (exact) mass is 518 g/mol. The van der Waals surface area contributed by atoms with Crippen LogP contribution < -0.4 is 9.47 Å². The molecule has 0 atom stereocenters. The summed E-state index contributed by atoms with van der Waals surface area (Å²) in [4.78, 5) is 30.2. The molecule has 1 aliphatic rings. The fraction of sp³-hybridized carbons (Fsp3) is 0.261. The van der Waals surface area contributed by atoms with E-state index in [0.29, 0.717) is 33.9 Å². The number of methoxy groups -OCH3 is 1. The van der Waals surface area contributed by atoms with Crippen molar-refractivity contribution in [1.29, 1.82) is 0 Å². The van der Waals surface area contributed by atoms with Gasteiger partial charge < -0.3 is 14.6 Å². The number of carbonyl (C=O) groups is 2. The van der Waals surface area contributed by atoms with Crippen LogP contribution in [0.3, 0.4) is 0 Å². The molecule has 1 N–H and O–H groups in total. The number of carboxylic acid groups (broad SMARTS) is 1. The van der Waals surface area contributed by atoms with Gasteiger partial charge in [-0.3, -0.25) is 9.69 Å². The van der Waals surface area contributed by atoms with E-state index in [0.717, 1.165) is 22.9 Å². The lowest BCUT2D eigenvalue weighted by Gasteiger charge is -2.13. The zero-order valence-corrected chi connectivity index (χ0v) is 20.3. The molecule has 0 aliphatic carbocycles. The fourth-order valence-electron chi connectivity index (χ4n) is 2.87. The van der Waals surface area contributed by atoms with Crippen LogP contribution in [-0.2, 0) is 4.79 Å². The Labute approximate surface area is 199 Å². The highest BCUT2D eigenvalue weighted by Crippen LogP contribution is 2.39. The van der Waals surface area contributed by atoms with E-state index in [4.69, 9.17) is 14.6 Å². The SMILES string of the molecule is CCCCOc1c(Br)cc(/C=C2/SC(=Nc3ccc(C(=O)O)cc3)N(C)C2=O)cc1OC. The van der Waals surface area contributed by atoms with E-state index in [1.165, 1.54) is 28.8 Å². The van der Waals surface area contributed by atoms with Crippen molar-refractivity contribution in [2.45, 2.75) is 19.8 Å². The van der Waals surface area contributed by atoms with E-state index in [1.54, 1.807) is 32.4 Å². The van der Waals surface area contributed by atoms with Crippen molar-refractivity contribution in [2.24, 2.45) is 4.99 Å². The van der Waals surface area contributed by atoms with Crippen molar-refractivity contribution < 1.29 is 24.2 Å². The van der Waals surface area contributed by atoms with Crippen molar-refractivity contribution >= 4 is 56.5 Å². The molecule has 0 saturated carbocycles. The van der Waals surface area contributed by atoms with Gasteiger partial charge in [-0.1, -0.05) is 13.3 Å². The van der Waals surface area contributed by atoms with E-state index in [1.807, 2.05) is 12.1 Å². The molecular formula is C23H23BrN2O5S. The summed E-state index contributed by atoms with van der Waals surface area (Å²) in [5.74, 6) is 0.0471. The lowest BCUT2D eigenvalue weighted by molar-refractivity contribution is -0.121. The van der Waals surface area contributed by atoms with Gasteiger partial charge in [-0.15, -0.1) is 0 Å². The molecule has 1 fully saturated rings. The van der Waals surface area contributed by atoms with E-state index in [2.05, 4.69) is 27.8 Å². The first-order valence-corrected chi connectivity index (χ1v) is 11.5. The summed E-state index contributed by atoms with van der Waals surface area (Å²) in [5.41, 5.74) is 1.53. The summed E-state index contributed by atoms with van der Waals surface area (Å²) in [6, 6.07) is 9.88. The minimum absolute atomic E-state index is 0.172. The summed E-state index contributed by atoms with van der Waals surface area (Å²) in [5, 5.41) is 9.53. The summed E-state index contributed by atoms with van der Waals surface area (Å²) in [6.07, 6.45) is 3.76. The zero-order chi connectivity index (χ0) is 23.3. The highest BCUT2D eigenvalue weighted by Gasteiger charge is 2.30. The number of unbranched alkanes of at least 4 members (excludes halogenated alkanes) is 1. The number of hydrogen-bond donors (Lipinski definition) is 1. The molecule has 32 heavy (non-hydrogen) atoms. The number of benzene rings is 2. The first kappa shape index (κ1) is 23.9. The van der Waals surface area contributed by atoms with Gasteiger partial charge in [0.15, 0.2) is 16.7 Å². The number of ether oxygens (including phenoxy) is 2. The Balaban J connectivity index is 1.85. The Morgan fingerprint density at radius 2 is 2.00 bits per heavy atom. The van der Waals surface area contributed by atoms with Crippen molar-refractivity contribution in [3.63, 3.8) is 0 Å². The lowest BCUT2D eigenvalue weighted by atomic mass is 10.2. The number of aromatic carboxylic acids is 1. The summed E-state index contributed by atoms with van der Waals surface area (Å²) in [6.45, 7) is 2.69. The van der Waals surface area contributed by atoms with Gasteiger partial charge in [-0.25, -0.2) is 9.79 Å². The standard InChI is InChI=1S/C23H23BrN2O5S/c1-4-5-10-31-20-17(24)11-14(12-18(20)30-3)13-19-21(27)26(2)23(32-19)25-16-8-6-15(7-9-16)22(28)29/h6-9,11-13H,4-5,10H2,1-3H3,(H,28,29)/b19-13+,25-23?. The molecule has 0 radical (unpaired) electrons. The van der Waals surface area contributed by atoms with E-state index >= 15 is 0 Å². The van der Waals surface area contributed by atoms with Crippen LogP contribution in [0.15, 0.2) is 50.8 Å². The molecule has 1 saturated heterocycles. The molecule has 2 aromatic rings. The Bertz CT molecular complexity index is 1080. The maximum atomic E-state index is 12.7. The number of aliphatic imine (C=N–C) groups is 1. The Hall–Kier alpha value is -2.78. The molecule has 0 spiro atoms. The maximum Gasteiger partial charge on any atom is 0.335 e. The largest absolute Gasteiger partial charge is 0.493 e. The summed E-state index contributed by atoms with van der Waals surface area (Å²) >= 11 is 4.79. The molecule has 1 aliphatic heterocycles. The third-order valence-corrected chi connectivity index (χ3v) is 6.29. The van der Waals surface area contributed by atoms with Gasteiger partial charge in [0.1, 0.15) is 0 Å². The Morgan fingerprint density at radius 1 is 1.28 bits per heavy atom. The van der Waals surface area contributed by atoms with Gasteiger partial charge in [0.25, 0.3) is 5.91 Å². The van der Waals surface area contributed by atoms with Gasteiger partial charge in [0.2, 0.25) is 0 Å². The maximum absolute atomic E-state index is 12.7. The van der Waals surface area contributed by atoms with E-state index in [-0.39, 0.29) is 11.5 Å². The van der Waals surface area contributed by atoms with Crippen molar-refractivity contribution in [1.82, 2.24) is 4.90 Å². The first-order chi connectivity index (χ1) is 15.3. The number of carbonyl (C=O) groups excluding carboxylic acids is 1. The second kappa shape index (κ2) is 10.7. The van der Waals surface area contributed by atoms with Crippen LogP contribution in [0.4, 0.5) is 5.69 Å². The van der Waals surface area contributed by atoms with Crippen LogP contribution in [0.2, 0.25) is 0 Å². The number of nitrogens with zero attached hydrogens (tertiary/aromatic N) is 2. The van der Waals surface area contributed by atoms with Gasteiger partial charge in [-0.2, -0.15) is 0 Å². The number of hydrogen-bond acceptors (Lipinski definition) is 6. The van der Waals surface area contributed by atoms with Crippen molar-refractivity contribution in [3.8, 4) is 11.5 Å². The lowest BCUT2D eigenvalue weighted by Crippen LogP contribution is -2.23. The summed E-state index contributed by atoms with van der Waals surface area (Å²) in [7, 11) is 3.23. The number of amidine groups is 1. The van der Waals surface area contributed by atoms with Crippen molar-refractivity contribution in [2.75, 3.05) is 20.8 Å². The molecule has 0 unspecified atom stereocenters. The van der Waals surface area contributed by atoms with Crippen LogP contribution >= 0.6 is 27.7 Å². The summed E-state index contributed by atoms with van der Waals surface area (Å²) < 4.78 is 12.1. The quantitative estimate of drug-likeness (QED) is 0.363. The molecule has 9 heteroatoms. The van der Waals surface area contributed by atoms with Crippen molar-refractivity contribution in [3.05, 3.63) is 56.9 Å². The average Bonchev–Trinajstić information content (AvgIpc) is 3.03. The molecule has 3 rings (SSSR count). The van der Waals surface area contributed by atoms with E-state index < -0.39 is 5.97 Å². The van der Waals surface area contributed by atoms with Gasteiger partial charge >= 0.3 is 5.97 Å². The van der Waals surface area contributed by atoms with Crippen LogP contribution in [0.1, 0.15) is 35.7 Å². The minimum atomic E-state index is -1.000. The fourth-order valence-corrected chi connectivity index (χ4v) is 4.43. The van der Waals surface area contributed by atoms with Crippen LogP contribution in [0.5, 0.6) is 11.5 Å². The topological polar surface area (TPSA) is 88.4 Å². The number of amides is 1. The molecule has 2 aromatic carbocycles. The number of likely N-dealkylation sites (N-methyl/N-ethyl adjacent to an activating group) is 1. The first-order valence-electron chi connectivity index (χ1n) is 9.94. The van der Waals surface area contributed by atoms with Gasteiger partial charge in [0, 0.05) is 7.05 Å². The normalized spacial score (nSPS) is 16.1. The highest BCUT2D eigenvalue weighted by atomic mass is 79.9. The zero-order valence-electron chi connectivity index (χ0n) is 17.9. The minimum Gasteiger partial charge on any atom is -0.493 e. The van der Waals surface area contributed by atoms with Crippen LogP contribution in [0.25, 0.3) is 6.08 Å². The van der Waals surface area contributed by atoms with Crippen LogP contribution in [-0.4, -0.2) is 47.8 Å². The number of rotatable bonds is 8. The predicted octanol–water partition coefficient (Wildman–Crippen LogP) is 5.57. The van der Waals surface area contributed by atoms with Crippen LogP contribution in [0, 0.1) is 0 Å². The smallest absolute Gasteiger partial charge is 0.335 e. The van der Waals surface area contributed by atoms with Gasteiger partial charge in [0.05, 0.1) is 34.3 Å². The second-order valence-electron chi connectivity index (χ2n) is 6.96. The number of thioether (sulfide) groups is 1. The molecule has 0 aromatic heterocycles. The molecule has 168 valence electrons. The average molecular weight is 519 g/mol. The molecule has 0 bridgehead atoms. The van der Waals surface area contributed by atoms with Gasteiger partial charge in [-0.05, 0) is 82.2 Å². The second-order valence-corrected chi connectivity index (χ2v) is 8.82. The Kier molecular flexibility index (Phi) is 7.98. The van der Waals surface area contributed by atoms with E-state index in [9.17, 15) is 9.59 Å². The molecule has 7 nitrogen and oxygen atoms in total. The molecule has 1 heterocycles. The third-order valence-electron chi connectivity index (χ3n) is 4.64. The number of halogens is 1. The Morgan fingerprint density at radius 3 is 2.62 bits per heavy atom. The molecule has 1 amide bonds. The third kappa shape index (κ3) is 5.52. The molecular weight excluding hydrogens is 496 g/mol. The predicted molar refractivity (Wildman–Crippen MR) is 130 cm³/mol.